The number of carbonyl (C=O) groups is 2. The van der Waals surface area contributed by atoms with Gasteiger partial charge in [0.05, 0.1) is 32.8 Å². The number of halogens is 1. The SMILES string of the molecule is CCO/N=C(/c1ccc(Br)cc1)C1CCN(C2(C)CCN(C(=O)c3c(C)cc[n+]([O-])c3C)CC2)CC1.C[N+](C)(C)CC(=O)[O-]. The first kappa shape index (κ1) is 35.5. The maximum absolute atomic E-state index is 13.3. The Morgan fingerprint density at radius 3 is 2.16 bits per heavy atom. The number of pyridine rings is 1. The number of quaternary nitrogens is 1. The minimum atomic E-state index is -1.00. The van der Waals surface area contributed by atoms with Crippen LogP contribution in [0.5, 0.6) is 0 Å². The minimum Gasteiger partial charge on any atom is -0.618 e. The van der Waals surface area contributed by atoms with Crippen molar-refractivity contribution in [1.29, 1.82) is 0 Å². The summed E-state index contributed by atoms with van der Waals surface area (Å²) in [7, 11) is 5.40. The number of nitrogens with zero attached hydrogens (tertiary/aromatic N) is 5. The largest absolute Gasteiger partial charge is 0.618 e. The molecule has 0 spiro atoms. The lowest BCUT2D eigenvalue weighted by Gasteiger charge is -2.49. The monoisotopic (exact) mass is 673 g/mol. The molecule has 0 atom stereocenters. The van der Waals surface area contributed by atoms with Gasteiger partial charge in [0.2, 0.25) is 5.69 Å². The van der Waals surface area contributed by atoms with Gasteiger partial charge in [0, 0.05) is 42.0 Å². The number of benzene rings is 1. The number of aromatic nitrogens is 1. The normalized spacial score (nSPS) is 17.9. The molecule has 0 N–H and O–H groups in total. The molecule has 1 aromatic heterocycles. The van der Waals surface area contributed by atoms with Gasteiger partial charge >= 0.3 is 0 Å². The standard InChI is InChI=1S/C28H37BrN4O3.C5H11NO2/c1-5-36-30-26(22-6-8-24(29)9-7-22)23-11-15-32(16-12-23)28(4)13-18-31(19-14-28)27(34)25-20(2)10-17-33(35)21(25)3;1-6(2,3)4-5(7)8/h6-10,17,23H,5,11-16,18-19H2,1-4H3;4H2,1-3H3/b30-26-;. The van der Waals surface area contributed by atoms with Gasteiger partial charge in [0.15, 0.2) is 6.20 Å². The van der Waals surface area contributed by atoms with Gasteiger partial charge in [-0.2, -0.15) is 4.73 Å². The summed E-state index contributed by atoms with van der Waals surface area (Å²) in [6.45, 7) is 12.0. The second-order valence-corrected chi connectivity index (χ2v) is 14.0. The summed E-state index contributed by atoms with van der Waals surface area (Å²) < 4.78 is 2.26. The van der Waals surface area contributed by atoms with E-state index in [1.165, 1.54) is 6.20 Å². The summed E-state index contributed by atoms with van der Waals surface area (Å²) in [6, 6.07) is 10.0. The van der Waals surface area contributed by atoms with Crippen LogP contribution in [0.1, 0.15) is 66.7 Å². The van der Waals surface area contributed by atoms with Crippen LogP contribution in [0.4, 0.5) is 0 Å². The van der Waals surface area contributed by atoms with Gasteiger partial charge in [-0.1, -0.05) is 33.2 Å². The number of hydrogen-bond acceptors (Lipinski definition) is 7. The predicted molar refractivity (Wildman–Crippen MR) is 173 cm³/mol. The maximum atomic E-state index is 13.3. The Balaban J connectivity index is 0.000000583. The lowest BCUT2D eigenvalue weighted by Crippen LogP contribution is -2.57. The molecule has 0 radical (unpaired) electrons. The minimum absolute atomic E-state index is 0.0257. The summed E-state index contributed by atoms with van der Waals surface area (Å²) in [4.78, 5) is 33.2. The molecule has 1 aromatic carbocycles. The van der Waals surface area contributed by atoms with Crippen molar-refractivity contribution in [2.24, 2.45) is 11.1 Å². The molecule has 10 nitrogen and oxygen atoms in total. The van der Waals surface area contributed by atoms with E-state index in [2.05, 4.69) is 57.2 Å². The molecule has 2 aliphatic rings. The summed E-state index contributed by atoms with van der Waals surface area (Å²) >= 11 is 3.52. The zero-order valence-corrected chi connectivity index (χ0v) is 28.9. The molecule has 44 heavy (non-hydrogen) atoms. The highest BCUT2D eigenvalue weighted by Crippen LogP contribution is 2.34. The Kier molecular flexibility index (Phi) is 12.3. The quantitative estimate of drug-likeness (QED) is 0.140. The molecular formula is C33H48BrN5O5. The van der Waals surface area contributed by atoms with Crippen LogP contribution in [0.15, 0.2) is 46.2 Å². The van der Waals surface area contributed by atoms with Crippen LogP contribution in [-0.2, 0) is 9.63 Å². The highest BCUT2D eigenvalue weighted by atomic mass is 79.9. The van der Waals surface area contributed by atoms with Crippen molar-refractivity contribution >= 4 is 33.5 Å². The third-order valence-corrected chi connectivity index (χ3v) is 9.10. The molecule has 2 aliphatic heterocycles. The fourth-order valence-corrected chi connectivity index (χ4v) is 6.22. The van der Waals surface area contributed by atoms with E-state index in [1.807, 2.05) is 18.7 Å². The molecule has 0 bridgehead atoms. The van der Waals surface area contributed by atoms with Gasteiger partial charge in [-0.15, -0.1) is 0 Å². The van der Waals surface area contributed by atoms with Crippen LogP contribution >= 0.6 is 15.9 Å². The molecule has 242 valence electrons. The van der Waals surface area contributed by atoms with Crippen molar-refractivity contribution in [2.75, 3.05) is 60.5 Å². The lowest BCUT2D eigenvalue weighted by molar-refractivity contribution is -0.864. The Morgan fingerprint density at radius 2 is 1.66 bits per heavy atom. The molecule has 2 fully saturated rings. The van der Waals surface area contributed by atoms with Gasteiger partial charge in [-0.3, -0.25) is 9.69 Å². The van der Waals surface area contributed by atoms with Crippen LogP contribution < -0.4 is 9.84 Å². The molecule has 0 saturated carbocycles. The topological polar surface area (TPSA) is 112 Å². The highest BCUT2D eigenvalue weighted by molar-refractivity contribution is 9.10. The molecule has 0 unspecified atom stereocenters. The van der Waals surface area contributed by atoms with Crippen molar-refractivity contribution in [1.82, 2.24) is 9.80 Å². The molecule has 0 aliphatic carbocycles. The van der Waals surface area contributed by atoms with Crippen LogP contribution in [0.2, 0.25) is 0 Å². The first-order chi connectivity index (χ1) is 20.6. The van der Waals surface area contributed by atoms with Crippen molar-refractivity contribution in [3.05, 3.63) is 68.6 Å². The number of aliphatic carboxylic acids is 1. The average Bonchev–Trinajstić information content (AvgIpc) is 2.96. The number of carboxylic acid groups (broad SMARTS) is 1. The lowest BCUT2D eigenvalue weighted by atomic mass is 9.82. The van der Waals surface area contributed by atoms with Crippen molar-refractivity contribution < 1.29 is 28.7 Å². The second kappa shape index (κ2) is 15.3. The van der Waals surface area contributed by atoms with E-state index in [1.54, 1.807) is 34.1 Å². The number of carbonyl (C=O) groups excluding carboxylic acids is 2. The van der Waals surface area contributed by atoms with E-state index in [9.17, 15) is 19.9 Å². The average molecular weight is 675 g/mol. The molecule has 4 rings (SSSR count). The zero-order chi connectivity index (χ0) is 32.7. The van der Waals surface area contributed by atoms with E-state index < -0.39 is 5.97 Å². The van der Waals surface area contributed by atoms with Gasteiger partial charge < -0.3 is 29.3 Å². The smallest absolute Gasteiger partial charge is 0.260 e. The number of rotatable bonds is 8. The molecule has 2 saturated heterocycles. The van der Waals surface area contributed by atoms with Crippen LogP contribution in [-0.4, -0.2) is 97.9 Å². The van der Waals surface area contributed by atoms with Gasteiger partial charge in [-0.05, 0) is 82.8 Å². The fraction of sp³-hybridized carbons (Fsp3) is 0.576. The molecule has 2 aromatic rings. The Bertz CT molecular complexity index is 1310. The zero-order valence-electron chi connectivity index (χ0n) is 27.3. The molecule has 1 amide bonds. The van der Waals surface area contributed by atoms with Gasteiger partial charge in [0.1, 0.15) is 18.7 Å². The van der Waals surface area contributed by atoms with E-state index in [0.717, 1.165) is 64.8 Å². The van der Waals surface area contributed by atoms with Crippen LogP contribution in [0, 0.1) is 25.0 Å². The van der Waals surface area contributed by atoms with Crippen LogP contribution in [0.25, 0.3) is 0 Å². The summed E-state index contributed by atoms with van der Waals surface area (Å²) in [5.74, 6) is -0.665. The van der Waals surface area contributed by atoms with Gasteiger partial charge in [-0.25, -0.2) is 0 Å². The first-order valence-electron chi connectivity index (χ1n) is 15.3. The summed E-state index contributed by atoms with van der Waals surface area (Å²) in [6.07, 6.45) is 5.40. The molecule has 3 heterocycles. The Morgan fingerprint density at radius 1 is 1.07 bits per heavy atom. The van der Waals surface area contributed by atoms with Crippen LogP contribution in [0.3, 0.4) is 0 Å². The number of amides is 1. The number of oxime groups is 1. The third kappa shape index (κ3) is 9.49. The Hall–Kier alpha value is -3.02. The molecule has 11 heteroatoms. The van der Waals surface area contributed by atoms with Crippen molar-refractivity contribution in [2.45, 2.75) is 58.9 Å². The van der Waals surface area contributed by atoms with E-state index in [4.69, 9.17) is 4.84 Å². The fourth-order valence-electron chi connectivity index (χ4n) is 5.96. The maximum Gasteiger partial charge on any atom is 0.260 e. The number of likely N-dealkylation sites (tertiary alicyclic amines) is 2. The molecular weight excluding hydrogens is 626 g/mol. The Labute approximate surface area is 270 Å². The third-order valence-electron chi connectivity index (χ3n) is 8.57. The summed E-state index contributed by atoms with van der Waals surface area (Å²) in [5.41, 5.74) is 4.11. The van der Waals surface area contributed by atoms with E-state index in [-0.39, 0.29) is 18.0 Å². The number of carboxylic acids is 1. The van der Waals surface area contributed by atoms with Crippen molar-refractivity contribution in [3.63, 3.8) is 0 Å². The highest BCUT2D eigenvalue weighted by Gasteiger charge is 2.40. The van der Waals surface area contributed by atoms with Crippen molar-refractivity contribution in [3.8, 4) is 0 Å². The van der Waals surface area contributed by atoms with Gasteiger partial charge in [0.25, 0.3) is 5.91 Å². The number of aryl methyl sites for hydroxylation is 1. The number of piperidine rings is 2. The summed E-state index contributed by atoms with van der Waals surface area (Å²) in [5, 5.41) is 26.4. The first-order valence-corrected chi connectivity index (χ1v) is 16.1. The number of likely N-dealkylation sites (N-methyl/N-ethyl adjacent to an activating group) is 1. The number of hydrogen-bond donors (Lipinski definition) is 0. The van der Waals surface area contributed by atoms with E-state index >= 15 is 0 Å². The predicted octanol–water partition coefficient (Wildman–Crippen LogP) is 3.29. The van der Waals surface area contributed by atoms with E-state index in [0.29, 0.717) is 41.4 Å². The second-order valence-electron chi connectivity index (χ2n) is 13.1.